The van der Waals surface area contributed by atoms with E-state index in [-0.39, 0.29) is 18.7 Å². The van der Waals surface area contributed by atoms with Crippen molar-refractivity contribution in [2.45, 2.75) is 224 Å². The number of nitrogens with two attached hydrogens (primary N) is 1. The zero-order valence-corrected chi connectivity index (χ0v) is 46.2. The molecule has 1 aromatic rings. The molecule has 424 valence electrons. The van der Waals surface area contributed by atoms with Gasteiger partial charge in [-0.2, -0.15) is 9.29 Å². The molecule has 0 spiro atoms. The molecule has 0 aliphatic carbocycles. The average molecular weight is 1090 g/mol. The van der Waals surface area contributed by atoms with Gasteiger partial charge in [-0.15, -0.1) is 0 Å². The monoisotopic (exact) mass is 1090 g/mol. The minimum absolute atomic E-state index is 0.0307. The smallest absolute Gasteiger partial charge is 0.462 e. The third-order valence-electron chi connectivity index (χ3n) is 12.6. The van der Waals surface area contributed by atoms with Gasteiger partial charge in [-0.05, 0) is 50.5 Å². The number of allylic oxidation sites excluding steroid dienone is 7. The van der Waals surface area contributed by atoms with E-state index in [0.29, 0.717) is 25.7 Å². The predicted octanol–water partition coefficient (Wildman–Crippen LogP) is 10.6. The summed E-state index contributed by atoms with van der Waals surface area (Å²) < 4.78 is 56.8. The molecule has 1 fully saturated rings. The molecule has 1 aromatic heterocycles. The van der Waals surface area contributed by atoms with E-state index in [2.05, 4.69) is 30.1 Å². The lowest BCUT2D eigenvalue weighted by Crippen LogP contribution is -2.36. The van der Waals surface area contributed by atoms with Crippen LogP contribution in [0.4, 0.5) is 5.82 Å². The predicted molar refractivity (Wildman–Crippen MR) is 285 cm³/mol. The highest BCUT2D eigenvalue weighted by Gasteiger charge is 2.46. The minimum atomic E-state index is -5.44. The van der Waals surface area contributed by atoms with Crippen LogP contribution < -0.4 is 11.4 Å². The lowest BCUT2D eigenvalue weighted by molar-refractivity contribution is -0.161. The number of anilines is 1. The molecule has 19 nitrogen and oxygen atoms in total. The number of carbonyl (C=O) groups excluding carboxylic acids is 2. The van der Waals surface area contributed by atoms with Crippen LogP contribution in [0.5, 0.6) is 0 Å². The molecule has 7 N–H and O–H groups in total. The summed E-state index contributed by atoms with van der Waals surface area (Å²) in [6, 6.07) is 1.24. The number of hydrogen-bond acceptors (Lipinski definition) is 16. The number of unbranched alkanes of at least 4 members (excludes halogenated alkanes) is 16. The van der Waals surface area contributed by atoms with E-state index in [1.54, 1.807) is 6.08 Å². The fraction of sp³-hybridized carbons (Fsp3) is 0.736. The Morgan fingerprint density at radius 1 is 0.757 bits per heavy atom. The van der Waals surface area contributed by atoms with Crippen LogP contribution in [-0.4, -0.2) is 96.9 Å². The number of phosphoric ester groups is 2. The van der Waals surface area contributed by atoms with Crippen LogP contribution in [0.3, 0.4) is 0 Å². The highest BCUT2D eigenvalue weighted by atomic mass is 31.3. The van der Waals surface area contributed by atoms with E-state index in [1.165, 1.54) is 76.7 Å². The van der Waals surface area contributed by atoms with Gasteiger partial charge in [0.1, 0.15) is 30.7 Å². The molecule has 21 heteroatoms. The third-order valence-corrected chi connectivity index (χ3v) is 15.2. The molecule has 1 aliphatic rings. The van der Waals surface area contributed by atoms with Crippen LogP contribution in [0.2, 0.25) is 0 Å². The van der Waals surface area contributed by atoms with Gasteiger partial charge in [0.2, 0.25) is 0 Å². The Labute approximate surface area is 440 Å². The molecular formula is C53H91N3O16P2. The molecule has 2 heterocycles. The van der Waals surface area contributed by atoms with Crippen molar-refractivity contribution < 1.29 is 71.4 Å². The molecule has 1 aliphatic heterocycles. The number of phosphoric acid groups is 2. The minimum Gasteiger partial charge on any atom is -0.462 e. The Hall–Kier alpha value is -3.32. The maximum absolute atomic E-state index is 12.9. The number of carbonyl (C=O) groups is 2. The standard InChI is InChI=1S/C53H91N3O16P2/c1-4-6-28-34-44(57)35-30-25-21-17-13-11-15-18-22-26-31-36-48(58)67-40-45(70-49(59)37-32-27-23-19-14-10-8-7-9-12-16-20-24-29-33-43(3)5-2)41-68-73(63,64)72-74(65,66)69-42-46-50(60)51(61)52(71-46)56-39-38-47(54)55-53(56)62/h11,13,18,21-22,25,30,35,38-39,43-46,50-52,57,60-61H,4-10,12,14-17,19-20,23-24,26-29,31-34,36-37,40-42H2,1-3H3,(H,63,64)(H,65,66)(H2,54,55,62)/b13-11-,22-18-,25-21-,35-30+/t43?,44-,45-,46-,50-,51-,52-/m1/s1. The van der Waals surface area contributed by atoms with Crippen LogP contribution in [0.1, 0.15) is 194 Å². The number of nitrogens with zero attached hydrogens (tertiary/aromatic N) is 2. The molecule has 0 bridgehead atoms. The van der Waals surface area contributed by atoms with E-state index in [9.17, 15) is 48.6 Å². The van der Waals surface area contributed by atoms with Gasteiger partial charge >= 0.3 is 33.3 Å². The van der Waals surface area contributed by atoms with Crippen molar-refractivity contribution >= 4 is 33.4 Å². The van der Waals surface area contributed by atoms with E-state index in [1.807, 2.05) is 42.5 Å². The molecule has 0 radical (unpaired) electrons. The van der Waals surface area contributed by atoms with Crippen LogP contribution in [0.15, 0.2) is 65.7 Å². The second-order valence-corrected chi connectivity index (χ2v) is 22.2. The third kappa shape index (κ3) is 32.3. The van der Waals surface area contributed by atoms with Gasteiger partial charge in [0.15, 0.2) is 12.3 Å². The number of rotatable bonds is 44. The molecule has 74 heavy (non-hydrogen) atoms. The number of nitrogen functional groups attached to an aromatic ring is 1. The summed E-state index contributed by atoms with van der Waals surface area (Å²) in [5.41, 5.74) is 4.59. The van der Waals surface area contributed by atoms with E-state index < -0.39 is 89.8 Å². The largest absolute Gasteiger partial charge is 0.481 e. The van der Waals surface area contributed by atoms with E-state index in [0.717, 1.165) is 74.5 Å². The number of ether oxygens (including phenoxy) is 3. The second kappa shape index (κ2) is 40.0. The van der Waals surface area contributed by atoms with Crippen molar-refractivity contribution in [2.24, 2.45) is 5.92 Å². The molecule has 0 saturated carbocycles. The summed E-state index contributed by atoms with van der Waals surface area (Å²) >= 11 is 0. The average Bonchev–Trinajstić information content (AvgIpc) is 3.63. The normalized spacial score (nSPS) is 20.1. The first-order valence-corrected chi connectivity index (χ1v) is 30.1. The van der Waals surface area contributed by atoms with Crippen LogP contribution >= 0.6 is 15.6 Å². The fourth-order valence-corrected chi connectivity index (χ4v) is 10.0. The summed E-state index contributed by atoms with van der Waals surface area (Å²) in [7, 11) is -10.9. The van der Waals surface area contributed by atoms with Crippen molar-refractivity contribution in [2.75, 3.05) is 25.6 Å². The quantitative estimate of drug-likeness (QED) is 0.0116. The Morgan fingerprint density at radius 2 is 1.34 bits per heavy atom. The SMILES string of the molecule is CCCCC[C@@H](O)/C=C/C=C\C/C=C\C/C=C\CCCC(=O)OC[C@H](COP(=O)(O)OP(=O)(O)OC[C@H]1O[C@@H](n2ccc(N)nc2=O)[C@H](O)[C@@H]1O)OC(=O)CCCCCCCCCCCCCCCCC(C)CC. The Kier molecular flexibility index (Phi) is 36.1. The number of aliphatic hydroxyl groups is 3. The Morgan fingerprint density at radius 3 is 1.97 bits per heavy atom. The van der Waals surface area contributed by atoms with Crippen molar-refractivity contribution in [3.05, 3.63) is 71.4 Å². The molecule has 9 atom stereocenters. The van der Waals surface area contributed by atoms with Crippen LogP contribution in [0, 0.1) is 5.92 Å². The van der Waals surface area contributed by atoms with Gasteiger partial charge in [0.25, 0.3) is 0 Å². The summed E-state index contributed by atoms with van der Waals surface area (Å²) in [5.74, 6) is -0.550. The van der Waals surface area contributed by atoms with Gasteiger partial charge in [-0.1, -0.05) is 185 Å². The first-order chi connectivity index (χ1) is 35.5. The zero-order chi connectivity index (χ0) is 54.5. The first-order valence-electron chi connectivity index (χ1n) is 27.2. The summed E-state index contributed by atoms with van der Waals surface area (Å²) in [6.07, 6.45) is 33.7. The summed E-state index contributed by atoms with van der Waals surface area (Å²) in [5, 5.41) is 30.9. The summed E-state index contributed by atoms with van der Waals surface area (Å²) in [6.45, 7) is 4.34. The molecule has 3 unspecified atom stereocenters. The maximum atomic E-state index is 12.9. The van der Waals surface area contributed by atoms with Crippen LogP contribution in [-0.2, 0) is 46.3 Å². The lowest BCUT2D eigenvalue weighted by atomic mass is 9.99. The van der Waals surface area contributed by atoms with E-state index in [4.69, 9.17) is 29.0 Å². The fourth-order valence-electron chi connectivity index (χ4n) is 7.92. The zero-order valence-electron chi connectivity index (χ0n) is 44.4. The molecule has 2 rings (SSSR count). The lowest BCUT2D eigenvalue weighted by Gasteiger charge is -2.21. The second-order valence-electron chi connectivity index (χ2n) is 19.2. The number of aromatic nitrogens is 2. The van der Waals surface area contributed by atoms with E-state index >= 15 is 0 Å². The number of aliphatic hydroxyl groups excluding tert-OH is 3. The van der Waals surface area contributed by atoms with Gasteiger partial charge < -0.3 is 45.1 Å². The first kappa shape index (κ1) is 66.8. The molecular weight excluding hydrogens is 997 g/mol. The van der Waals surface area contributed by atoms with Gasteiger partial charge in [-0.3, -0.25) is 23.2 Å². The van der Waals surface area contributed by atoms with Crippen molar-refractivity contribution in [3.8, 4) is 0 Å². The highest BCUT2D eigenvalue weighted by molar-refractivity contribution is 7.61. The van der Waals surface area contributed by atoms with Gasteiger partial charge in [0.05, 0.1) is 19.3 Å². The Balaban J connectivity index is 1.81. The topological polar surface area (TPSA) is 286 Å². The van der Waals surface area contributed by atoms with Gasteiger partial charge in [-0.25, -0.2) is 13.9 Å². The van der Waals surface area contributed by atoms with Crippen LogP contribution in [0.25, 0.3) is 0 Å². The summed E-state index contributed by atoms with van der Waals surface area (Å²) in [4.78, 5) is 62.0. The van der Waals surface area contributed by atoms with Crippen molar-refractivity contribution in [1.29, 1.82) is 0 Å². The number of esters is 2. The molecule has 0 aromatic carbocycles. The molecule has 0 amide bonds. The van der Waals surface area contributed by atoms with Crippen molar-refractivity contribution in [3.63, 3.8) is 0 Å². The van der Waals surface area contributed by atoms with Crippen molar-refractivity contribution in [1.82, 2.24) is 9.55 Å². The Bertz CT molecular complexity index is 1960. The van der Waals surface area contributed by atoms with Gasteiger partial charge in [0, 0.05) is 19.0 Å². The maximum Gasteiger partial charge on any atom is 0.481 e. The molecule has 1 saturated heterocycles. The highest BCUT2D eigenvalue weighted by Crippen LogP contribution is 2.60. The number of hydrogen-bond donors (Lipinski definition) is 6.